The molecule has 1 aliphatic heterocycles. The number of rotatable bonds is 3. The second-order valence-corrected chi connectivity index (χ2v) is 5.88. The molecule has 0 unspecified atom stereocenters. The van der Waals surface area contributed by atoms with E-state index in [1.807, 2.05) is 48.9 Å². The van der Waals surface area contributed by atoms with Crippen molar-refractivity contribution >= 4 is 29.1 Å². The molecule has 1 N–H and O–H groups in total. The monoisotopic (exact) mass is 313 g/mol. The number of thioether (sulfide) groups is 1. The van der Waals surface area contributed by atoms with Gasteiger partial charge in [-0.2, -0.15) is 10.2 Å². The Balaban J connectivity index is 1.72. The molecule has 6 nitrogen and oxygen atoms in total. The van der Waals surface area contributed by atoms with Crippen molar-refractivity contribution in [3.63, 3.8) is 0 Å². The summed E-state index contributed by atoms with van der Waals surface area (Å²) in [6.45, 7) is 4.00. The maximum Gasteiger partial charge on any atom is 0.236 e. The zero-order valence-corrected chi connectivity index (χ0v) is 13.1. The standard InChI is InChI=1S/C15H15N5OS/c1-10-7-11(2)20(19-10)13-5-3-12(4-6-13)8-16-18-15-17-14(21)9-22-15/h3-8H,9H2,1-2H3,(H,17,18,21). The first-order valence-electron chi connectivity index (χ1n) is 6.79. The minimum atomic E-state index is -0.0341. The fourth-order valence-electron chi connectivity index (χ4n) is 2.12. The predicted octanol–water partition coefficient (Wildman–Crippen LogP) is 2.04. The molecule has 112 valence electrons. The quantitative estimate of drug-likeness (QED) is 0.696. The van der Waals surface area contributed by atoms with Crippen LogP contribution in [0.25, 0.3) is 5.69 Å². The topological polar surface area (TPSA) is 71.6 Å². The molecule has 0 aliphatic carbocycles. The third kappa shape index (κ3) is 3.25. The van der Waals surface area contributed by atoms with Gasteiger partial charge in [0, 0.05) is 5.69 Å². The van der Waals surface area contributed by atoms with E-state index >= 15 is 0 Å². The Morgan fingerprint density at radius 1 is 1.32 bits per heavy atom. The van der Waals surface area contributed by atoms with E-state index in [9.17, 15) is 4.79 Å². The highest BCUT2D eigenvalue weighted by molar-refractivity contribution is 8.15. The van der Waals surface area contributed by atoms with Gasteiger partial charge in [-0.1, -0.05) is 23.9 Å². The van der Waals surface area contributed by atoms with Crippen molar-refractivity contribution in [2.24, 2.45) is 10.2 Å². The molecule has 7 heteroatoms. The Morgan fingerprint density at radius 3 is 2.68 bits per heavy atom. The number of hydrogen-bond acceptors (Lipinski definition) is 5. The third-order valence-corrected chi connectivity index (χ3v) is 3.95. The lowest BCUT2D eigenvalue weighted by Gasteiger charge is -2.04. The van der Waals surface area contributed by atoms with Crippen LogP contribution in [0.1, 0.15) is 17.0 Å². The van der Waals surface area contributed by atoms with Crippen molar-refractivity contribution in [3.8, 4) is 5.69 Å². The van der Waals surface area contributed by atoms with Crippen molar-refractivity contribution in [1.29, 1.82) is 0 Å². The maximum atomic E-state index is 11.0. The van der Waals surface area contributed by atoms with Gasteiger partial charge < -0.3 is 5.32 Å². The lowest BCUT2D eigenvalue weighted by Crippen LogP contribution is -2.19. The summed E-state index contributed by atoms with van der Waals surface area (Å²) in [6.07, 6.45) is 1.66. The molecule has 0 radical (unpaired) electrons. The molecule has 0 bridgehead atoms. The van der Waals surface area contributed by atoms with Gasteiger partial charge in [0.05, 0.1) is 23.3 Å². The molecule has 1 aliphatic rings. The number of aromatic nitrogens is 2. The molecule has 0 atom stereocenters. The van der Waals surface area contributed by atoms with Gasteiger partial charge in [0.1, 0.15) is 0 Å². The van der Waals surface area contributed by atoms with Gasteiger partial charge in [-0.05, 0) is 37.6 Å². The molecule has 0 saturated carbocycles. The summed E-state index contributed by atoms with van der Waals surface area (Å²) in [6, 6.07) is 9.92. The molecule has 1 fully saturated rings. The van der Waals surface area contributed by atoms with Crippen LogP contribution in [0.5, 0.6) is 0 Å². The number of benzene rings is 1. The number of amidine groups is 1. The minimum absolute atomic E-state index is 0.0341. The summed E-state index contributed by atoms with van der Waals surface area (Å²) >= 11 is 1.35. The SMILES string of the molecule is Cc1cc(C)n(-c2ccc(C=NN=C3NC(=O)CS3)cc2)n1. The molecule has 22 heavy (non-hydrogen) atoms. The van der Waals surface area contributed by atoms with E-state index in [0.29, 0.717) is 10.9 Å². The smallest absolute Gasteiger partial charge is 0.236 e. The van der Waals surface area contributed by atoms with Gasteiger partial charge in [-0.25, -0.2) is 4.68 Å². The first-order chi connectivity index (χ1) is 10.6. The molecule has 1 saturated heterocycles. The van der Waals surface area contributed by atoms with Crippen LogP contribution in [0, 0.1) is 13.8 Å². The highest BCUT2D eigenvalue weighted by Crippen LogP contribution is 2.13. The summed E-state index contributed by atoms with van der Waals surface area (Å²) in [7, 11) is 0. The van der Waals surface area contributed by atoms with Crippen LogP contribution in [-0.4, -0.2) is 32.8 Å². The van der Waals surface area contributed by atoms with Crippen LogP contribution < -0.4 is 5.32 Å². The number of nitrogens with zero attached hydrogens (tertiary/aromatic N) is 4. The van der Waals surface area contributed by atoms with Crippen LogP contribution in [-0.2, 0) is 4.79 Å². The van der Waals surface area contributed by atoms with Gasteiger partial charge in [-0.3, -0.25) is 4.79 Å². The summed E-state index contributed by atoms with van der Waals surface area (Å²) in [5.41, 5.74) is 4.03. The maximum absolute atomic E-state index is 11.0. The highest BCUT2D eigenvalue weighted by atomic mass is 32.2. The number of carbonyl (C=O) groups excluding carboxylic acids is 1. The Morgan fingerprint density at radius 2 is 2.09 bits per heavy atom. The Labute approximate surface area is 132 Å². The fourth-order valence-corrected chi connectivity index (χ4v) is 2.75. The minimum Gasteiger partial charge on any atom is -0.303 e. The third-order valence-electron chi connectivity index (χ3n) is 3.09. The van der Waals surface area contributed by atoms with Gasteiger partial charge in [0.2, 0.25) is 5.91 Å². The molecule has 1 amide bonds. The predicted molar refractivity (Wildman–Crippen MR) is 88.7 cm³/mol. The van der Waals surface area contributed by atoms with E-state index in [-0.39, 0.29) is 5.91 Å². The van der Waals surface area contributed by atoms with Crippen molar-refractivity contribution in [2.75, 3.05) is 5.75 Å². The molecular formula is C15H15N5OS. The average Bonchev–Trinajstić information content (AvgIpc) is 3.05. The second-order valence-electron chi connectivity index (χ2n) is 4.92. The van der Waals surface area contributed by atoms with E-state index in [1.165, 1.54) is 11.8 Å². The average molecular weight is 313 g/mol. The van der Waals surface area contributed by atoms with Crippen LogP contribution in [0.3, 0.4) is 0 Å². The largest absolute Gasteiger partial charge is 0.303 e. The molecule has 3 rings (SSSR count). The molecule has 2 heterocycles. The van der Waals surface area contributed by atoms with Gasteiger partial charge in [0.15, 0.2) is 5.17 Å². The van der Waals surface area contributed by atoms with Gasteiger partial charge >= 0.3 is 0 Å². The van der Waals surface area contributed by atoms with Gasteiger partial charge in [0.25, 0.3) is 0 Å². The Kier molecular flexibility index (Phi) is 4.06. The number of nitrogens with one attached hydrogen (secondary N) is 1. The second kappa shape index (κ2) is 6.15. The fraction of sp³-hybridized carbons (Fsp3) is 0.200. The first-order valence-corrected chi connectivity index (χ1v) is 7.78. The van der Waals surface area contributed by atoms with Crippen molar-refractivity contribution in [2.45, 2.75) is 13.8 Å². The van der Waals surface area contributed by atoms with E-state index in [1.54, 1.807) is 6.21 Å². The van der Waals surface area contributed by atoms with Crippen LogP contribution in [0.2, 0.25) is 0 Å². The summed E-state index contributed by atoms with van der Waals surface area (Å²) < 4.78 is 1.90. The van der Waals surface area contributed by atoms with E-state index in [2.05, 4.69) is 20.6 Å². The number of hydrogen-bond donors (Lipinski definition) is 1. The zero-order valence-electron chi connectivity index (χ0n) is 12.3. The van der Waals surface area contributed by atoms with Crippen molar-refractivity contribution in [3.05, 3.63) is 47.3 Å². The molecule has 1 aromatic carbocycles. The van der Waals surface area contributed by atoms with E-state index in [0.717, 1.165) is 22.6 Å². The number of aryl methyl sites for hydroxylation is 2. The first kappa shape index (κ1) is 14.5. The van der Waals surface area contributed by atoms with Gasteiger partial charge in [-0.15, -0.1) is 5.10 Å². The summed E-state index contributed by atoms with van der Waals surface area (Å²) in [5, 5.41) is 15.6. The lowest BCUT2D eigenvalue weighted by atomic mass is 10.2. The van der Waals surface area contributed by atoms with Crippen LogP contribution in [0.15, 0.2) is 40.5 Å². The molecule has 1 aromatic heterocycles. The van der Waals surface area contributed by atoms with Crippen LogP contribution in [0.4, 0.5) is 0 Å². The van der Waals surface area contributed by atoms with Crippen molar-refractivity contribution in [1.82, 2.24) is 15.1 Å². The summed E-state index contributed by atoms with van der Waals surface area (Å²) in [4.78, 5) is 11.0. The highest BCUT2D eigenvalue weighted by Gasteiger charge is 2.15. The molecule has 2 aromatic rings. The molecule has 0 spiro atoms. The Bertz CT molecular complexity index is 761. The van der Waals surface area contributed by atoms with Crippen LogP contribution >= 0.6 is 11.8 Å². The lowest BCUT2D eigenvalue weighted by molar-refractivity contribution is -0.116. The number of carbonyl (C=O) groups is 1. The van der Waals surface area contributed by atoms with Crippen molar-refractivity contribution < 1.29 is 4.79 Å². The zero-order chi connectivity index (χ0) is 15.5. The van der Waals surface area contributed by atoms with E-state index in [4.69, 9.17) is 0 Å². The normalized spacial score (nSPS) is 16.6. The summed E-state index contributed by atoms with van der Waals surface area (Å²) in [5.74, 6) is 0.374. The molecular weight excluding hydrogens is 298 g/mol. The number of amides is 1. The Hall–Kier alpha value is -2.41. The van der Waals surface area contributed by atoms with E-state index < -0.39 is 0 Å².